The summed E-state index contributed by atoms with van der Waals surface area (Å²) in [5, 5.41) is 0. The lowest BCUT2D eigenvalue weighted by Crippen LogP contribution is -2.25. The van der Waals surface area contributed by atoms with Crippen LogP contribution in [0.4, 0.5) is 0 Å². The quantitative estimate of drug-likeness (QED) is 0.784. The Morgan fingerprint density at radius 2 is 1.10 bits per heavy atom. The number of benzene rings is 2. The third kappa shape index (κ3) is 2.88. The first-order chi connectivity index (χ1) is 13.6. The molecule has 29 heavy (non-hydrogen) atoms. The molecular weight excluding hydrogens is 392 g/mol. The molecule has 2 heterocycles. The first-order valence-corrected chi connectivity index (χ1v) is 10.2. The Labute approximate surface area is 168 Å². The fraction of sp³-hybridized carbons (Fsp3) is 0.143. The fourth-order valence-corrected chi connectivity index (χ4v) is 4.18. The van der Waals surface area contributed by atoms with Crippen molar-refractivity contribution >= 4 is 33.3 Å². The zero-order valence-corrected chi connectivity index (χ0v) is 16.8. The molecule has 0 saturated carbocycles. The largest absolute Gasteiger partial charge is 0.310 e. The predicted molar refractivity (Wildman–Crippen MR) is 107 cm³/mol. The number of aryl methyl sites for hydroxylation is 1. The lowest BCUT2D eigenvalue weighted by molar-refractivity contribution is -0.123. The van der Waals surface area contributed by atoms with Gasteiger partial charge in [-0.25, -0.2) is 0 Å². The van der Waals surface area contributed by atoms with Crippen LogP contribution in [0.1, 0.15) is 16.7 Å². The van der Waals surface area contributed by atoms with Gasteiger partial charge in [-0.05, 0) is 30.2 Å². The minimum atomic E-state index is -4.33. The highest BCUT2D eigenvalue weighted by atomic mass is 32.2. The summed E-state index contributed by atoms with van der Waals surface area (Å²) in [5.41, 5.74) is 3.91. The molecule has 2 aromatic carbocycles. The van der Waals surface area contributed by atoms with Crippen molar-refractivity contribution in [3.05, 3.63) is 76.4 Å². The van der Waals surface area contributed by atoms with Gasteiger partial charge in [-0.15, -0.1) is 0 Å². The molecule has 148 valence electrons. The topological polar surface area (TPSA) is 95.0 Å². The summed E-state index contributed by atoms with van der Waals surface area (Å²) in [6.45, 7) is 1.96. The second-order valence-corrected chi connectivity index (χ2v) is 8.46. The fourth-order valence-electron chi connectivity index (χ4n) is 3.70. The molecule has 7 nitrogen and oxygen atoms in total. The molecule has 2 aliphatic heterocycles. The first-order valence-electron chi connectivity index (χ1n) is 8.81. The number of rotatable bonds is 3. The molecule has 0 aliphatic carbocycles. The van der Waals surface area contributed by atoms with Crippen LogP contribution in [-0.2, 0) is 19.7 Å². The van der Waals surface area contributed by atoms with Gasteiger partial charge in [-0.1, -0.05) is 42.0 Å². The molecule has 0 aromatic heterocycles. The number of hydrogen-bond donors (Lipinski definition) is 1. The molecule has 2 aromatic rings. The van der Waals surface area contributed by atoms with Crippen LogP contribution in [0.3, 0.4) is 0 Å². The molecule has 0 saturated heterocycles. The third-order valence-corrected chi connectivity index (χ3v) is 6.05. The zero-order valence-electron chi connectivity index (χ0n) is 16.0. The van der Waals surface area contributed by atoms with Crippen molar-refractivity contribution in [2.45, 2.75) is 11.8 Å². The Hall–Kier alpha value is -3.23. The van der Waals surface area contributed by atoms with E-state index in [1.807, 2.05) is 31.2 Å². The van der Waals surface area contributed by atoms with E-state index in [4.69, 9.17) is 0 Å². The highest BCUT2D eigenvalue weighted by Crippen LogP contribution is 2.45. The predicted octanol–water partition coefficient (Wildman–Crippen LogP) is 2.31. The highest BCUT2D eigenvalue weighted by Gasteiger charge is 2.46. The van der Waals surface area contributed by atoms with Crippen molar-refractivity contribution in [1.29, 1.82) is 0 Å². The van der Waals surface area contributed by atoms with Gasteiger partial charge in [0.2, 0.25) is 0 Å². The van der Waals surface area contributed by atoms with Crippen molar-refractivity contribution in [2.24, 2.45) is 0 Å². The minimum Gasteiger partial charge on any atom is -0.310 e. The van der Waals surface area contributed by atoms with Crippen LogP contribution in [0.25, 0.3) is 11.4 Å². The Bertz CT molecular complexity index is 1220. The van der Waals surface area contributed by atoms with Gasteiger partial charge >= 0.3 is 0 Å². The van der Waals surface area contributed by atoms with Crippen LogP contribution in [0.15, 0.2) is 64.6 Å². The van der Waals surface area contributed by atoms with E-state index in [1.165, 1.54) is 34.1 Å². The van der Waals surface area contributed by atoms with Crippen molar-refractivity contribution in [1.82, 2.24) is 9.80 Å². The molecule has 2 amide bonds. The molecule has 0 radical (unpaired) electrons. The standard InChI is InChI=1S/C21H18N2O5S/c1-12-4-6-13(7-5-12)18-16-17(21(25)22(18)2)19(23(3)20(16)24)14-8-10-15(11-9-14)29(26,27)28/h4-11H,1-3H3,(H,26,27,28). The van der Waals surface area contributed by atoms with Gasteiger partial charge < -0.3 is 9.80 Å². The summed E-state index contributed by atoms with van der Waals surface area (Å²) in [4.78, 5) is 28.7. The zero-order chi connectivity index (χ0) is 21.1. The third-order valence-electron chi connectivity index (χ3n) is 5.18. The van der Waals surface area contributed by atoms with Crippen molar-refractivity contribution < 1.29 is 22.6 Å². The molecule has 1 N–H and O–H groups in total. The summed E-state index contributed by atoms with van der Waals surface area (Å²) < 4.78 is 31.8. The summed E-state index contributed by atoms with van der Waals surface area (Å²) in [7, 11) is -1.13. The average molecular weight is 410 g/mol. The van der Waals surface area contributed by atoms with Crippen LogP contribution in [0, 0.1) is 6.92 Å². The van der Waals surface area contributed by atoms with Crippen LogP contribution in [-0.4, -0.2) is 48.7 Å². The van der Waals surface area contributed by atoms with Crippen LogP contribution < -0.4 is 0 Å². The van der Waals surface area contributed by atoms with Gasteiger partial charge in [0.15, 0.2) is 0 Å². The van der Waals surface area contributed by atoms with Gasteiger partial charge in [0, 0.05) is 14.1 Å². The second kappa shape index (κ2) is 6.40. The number of nitrogens with zero attached hydrogens (tertiary/aromatic N) is 2. The van der Waals surface area contributed by atoms with Gasteiger partial charge in [-0.2, -0.15) is 8.42 Å². The first kappa shape index (κ1) is 19.1. The lowest BCUT2D eigenvalue weighted by Gasteiger charge is -2.20. The lowest BCUT2D eigenvalue weighted by atomic mass is 10.0. The smallest absolute Gasteiger partial charge is 0.294 e. The SMILES string of the molecule is Cc1ccc(C2=C3C(=O)N(C)C(c4ccc(S(=O)(=O)O)cc4)=C3C(=O)N2C)cc1. The van der Waals surface area contributed by atoms with E-state index in [1.54, 1.807) is 14.1 Å². The van der Waals surface area contributed by atoms with Gasteiger partial charge in [-0.3, -0.25) is 14.1 Å². The van der Waals surface area contributed by atoms with Crippen molar-refractivity contribution in [3.8, 4) is 0 Å². The maximum absolute atomic E-state index is 13.1. The van der Waals surface area contributed by atoms with E-state index in [0.717, 1.165) is 11.1 Å². The van der Waals surface area contributed by atoms with Crippen LogP contribution >= 0.6 is 0 Å². The molecule has 0 fully saturated rings. The molecule has 8 heteroatoms. The second-order valence-electron chi connectivity index (χ2n) is 7.04. The Kier molecular flexibility index (Phi) is 4.21. The molecule has 2 aliphatic rings. The Morgan fingerprint density at radius 1 is 0.724 bits per heavy atom. The Morgan fingerprint density at radius 3 is 1.48 bits per heavy atom. The average Bonchev–Trinajstić information content (AvgIpc) is 3.08. The summed E-state index contributed by atoms with van der Waals surface area (Å²) in [5.74, 6) is -0.607. The molecular formula is C21H18N2O5S. The molecule has 0 atom stereocenters. The molecule has 0 spiro atoms. The van der Waals surface area contributed by atoms with E-state index in [9.17, 15) is 22.6 Å². The molecule has 4 rings (SSSR count). The van der Waals surface area contributed by atoms with Crippen LogP contribution in [0.5, 0.6) is 0 Å². The summed E-state index contributed by atoms with van der Waals surface area (Å²) >= 11 is 0. The van der Waals surface area contributed by atoms with E-state index >= 15 is 0 Å². The van der Waals surface area contributed by atoms with Crippen molar-refractivity contribution in [2.75, 3.05) is 14.1 Å². The van der Waals surface area contributed by atoms with Gasteiger partial charge in [0.1, 0.15) is 0 Å². The van der Waals surface area contributed by atoms with E-state index in [0.29, 0.717) is 22.5 Å². The van der Waals surface area contributed by atoms with E-state index in [-0.39, 0.29) is 22.3 Å². The number of carbonyl (C=O) groups excluding carboxylic acids is 2. The number of likely N-dealkylation sites (N-methyl/N-ethyl adjacent to an activating group) is 2. The Balaban J connectivity index is 1.93. The summed E-state index contributed by atoms with van der Waals surface area (Å²) in [6.07, 6.45) is 0. The normalized spacial score (nSPS) is 17.0. The van der Waals surface area contributed by atoms with E-state index in [2.05, 4.69) is 0 Å². The minimum absolute atomic E-state index is 0.259. The summed E-state index contributed by atoms with van der Waals surface area (Å²) in [6, 6.07) is 13.0. The van der Waals surface area contributed by atoms with E-state index < -0.39 is 10.1 Å². The molecule has 0 unspecified atom stereocenters. The number of hydrogen-bond acceptors (Lipinski definition) is 4. The van der Waals surface area contributed by atoms with Gasteiger partial charge in [0.05, 0.1) is 27.4 Å². The number of fused-ring (bicyclic) bond motifs is 1. The maximum Gasteiger partial charge on any atom is 0.294 e. The van der Waals surface area contributed by atoms with Crippen molar-refractivity contribution in [3.63, 3.8) is 0 Å². The molecule has 0 bridgehead atoms. The monoisotopic (exact) mass is 410 g/mol. The number of amides is 2. The highest BCUT2D eigenvalue weighted by molar-refractivity contribution is 7.85. The number of carbonyl (C=O) groups is 2. The van der Waals surface area contributed by atoms with Gasteiger partial charge in [0.25, 0.3) is 21.9 Å². The van der Waals surface area contributed by atoms with Crippen LogP contribution in [0.2, 0.25) is 0 Å². The maximum atomic E-state index is 13.1.